The summed E-state index contributed by atoms with van der Waals surface area (Å²) < 4.78 is 38.6. The number of carbonyl (C=O) groups excluding carboxylic acids is 3. The Kier molecular flexibility index (Phi) is 11.3. The van der Waals surface area contributed by atoms with Gasteiger partial charge in [-0.3, -0.25) is 14.5 Å². The van der Waals surface area contributed by atoms with Crippen molar-refractivity contribution in [3.8, 4) is 5.75 Å². The summed E-state index contributed by atoms with van der Waals surface area (Å²) in [6, 6.07) is 10.3. The van der Waals surface area contributed by atoms with Gasteiger partial charge >= 0.3 is 6.09 Å². The zero-order valence-electron chi connectivity index (χ0n) is 25.2. The molecule has 3 rings (SSSR count). The van der Waals surface area contributed by atoms with Crippen molar-refractivity contribution in [3.63, 3.8) is 0 Å². The zero-order valence-corrected chi connectivity index (χ0v) is 25.2. The normalized spacial score (nSPS) is 18.1. The maximum Gasteiger partial charge on any atom is 0.410 e. The molecule has 2 N–H and O–H groups in total. The van der Waals surface area contributed by atoms with Crippen LogP contribution in [0.1, 0.15) is 46.6 Å². The van der Waals surface area contributed by atoms with Crippen molar-refractivity contribution in [2.75, 3.05) is 26.7 Å². The fourth-order valence-corrected chi connectivity index (χ4v) is 4.71. The number of halogens is 2. The molecule has 3 amide bonds. The molecule has 4 unspecified atom stereocenters. The fourth-order valence-electron chi connectivity index (χ4n) is 4.71. The molecular formula is C31H42F2N4O5. The van der Waals surface area contributed by atoms with E-state index in [1.165, 1.54) is 18.0 Å². The number of hydrogen-bond donors (Lipinski definition) is 2. The van der Waals surface area contributed by atoms with E-state index < -0.39 is 53.3 Å². The summed E-state index contributed by atoms with van der Waals surface area (Å²) in [5.41, 5.74) is 0.145. The number of nitrogens with zero attached hydrogens (tertiary/aromatic N) is 2. The second-order valence-electron chi connectivity index (χ2n) is 11.6. The van der Waals surface area contributed by atoms with Gasteiger partial charge in [-0.05, 0) is 36.5 Å². The highest BCUT2D eigenvalue weighted by atomic mass is 19.2. The van der Waals surface area contributed by atoms with E-state index >= 15 is 0 Å². The van der Waals surface area contributed by atoms with E-state index in [0.717, 1.165) is 17.7 Å². The first-order chi connectivity index (χ1) is 19.8. The summed E-state index contributed by atoms with van der Waals surface area (Å²) in [4.78, 5) is 43.0. The third-order valence-electron chi connectivity index (χ3n) is 7.31. The molecule has 0 radical (unpaired) electrons. The lowest BCUT2D eigenvalue weighted by molar-refractivity contribution is -0.143. The Morgan fingerprint density at radius 2 is 1.76 bits per heavy atom. The molecule has 4 atom stereocenters. The van der Waals surface area contributed by atoms with Gasteiger partial charge in [0.2, 0.25) is 11.8 Å². The number of hydrogen-bond acceptors (Lipinski definition) is 6. The summed E-state index contributed by atoms with van der Waals surface area (Å²) >= 11 is 0. The van der Waals surface area contributed by atoms with Crippen LogP contribution in [0.4, 0.5) is 13.6 Å². The number of rotatable bonds is 11. The minimum atomic E-state index is -1.02. The quantitative estimate of drug-likeness (QED) is 0.410. The predicted octanol–water partition coefficient (Wildman–Crippen LogP) is 4.11. The van der Waals surface area contributed by atoms with Gasteiger partial charge in [-0.2, -0.15) is 0 Å². The Labute approximate surface area is 246 Å². The van der Waals surface area contributed by atoms with Crippen molar-refractivity contribution in [1.29, 1.82) is 0 Å². The number of benzene rings is 2. The Morgan fingerprint density at radius 3 is 2.38 bits per heavy atom. The van der Waals surface area contributed by atoms with Gasteiger partial charge in [-0.15, -0.1) is 0 Å². The maximum atomic E-state index is 14.1. The van der Waals surface area contributed by atoms with E-state index in [-0.39, 0.29) is 18.3 Å². The highest BCUT2D eigenvalue weighted by molar-refractivity contribution is 5.91. The van der Waals surface area contributed by atoms with Gasteiger partial charge in [-0.25, -0.2) is 13.6 Å². The maximum absolute atomic E-state index is 14.1. The number of nitrogens with one attached hydrogen (secondary N) is 2. The van der Waals surface area contributed by atoms with E-state index in [0.29, 0.717) is 26.1 Å². The highest BCUT2D eigenvalue weighted by Gasteiger charge is 2.43. The van der Waals surface area contributed by atoms with Gasteiger partial charge in [0.25, 0.3) is 0 Å². The number of carbonyl (C=O) groups is 3. The predicted molar refractivity (Wildman–Crippen MR) is 155 cm³/mol. The van der Waals surface area contributed by atoms with Crippen molar-refractivity contribution in [2.24, 2.45) is 5.41 Å². The van der Waals surface area contributed by atoms with Crippen LogP contribution in [0.15, 0.2) is 48.5 Å². The molecule has 1 saturated heterocycles. The monoisotopic (exact) mass is 588 g/mol. The Hall–Kier alpha value is -3.73. The molecule has 230 valence electrons. The lowest BCUT2D eigenvalue weighted by Gasteiger charge is -2.39. The largest absolute Gasteiger partial charge is 0.487 e. The van der Waals surface area contributed by atoms with Crippen LogP contribution in [0.2, 0.25) is 0 Å². The summed E-state index contributed by atoms with van der Waals surface area (Å²) in [7, 11) is 1.47. The van der Waals surface area contributed by atoms with E-state index in [1.807, 2.05) is 58.0 Å². The molecule has 1 aliphatic heterocycles. The topological polar surface area (TPSA) is 100 Å². The van der Waals surface area contributed by atoms with Gasteiger partial charge in [0.05, 0.1) is 6.04 Å². The van der Waals surface area contributed by atoms with E-state index in [1.54, 1.807) is 11.8 Å². The number of ether oxygens (including phenoxy) is 2. The van der Waals surface area contributed by atoms with Crippen molar-refractivity contribution < 1.29 is 32.6 Å². The molecule has 11 heteroatoms. The summed E-state index contributed by atoms with van der Waals surface area (Å²) in [5, 5.41) is 6.09. The molecule has 0 saturated carbocycles. The lowest BCUT2D eigenvalue weighted by atomic mass is 9.85. The van der Waals surface area contributed by atoms with Crippen LogP contribution in [-0.2, 0) is 20.9 Å². The second kappa shape index (κ2) is 14.4. The summed E-state index contributed by atoms with van der Waals surface area (Å²) in [6.45, 7) is 10.4. The first kappa shape index (κ1) is 32.8. The van der Waals surface area contributed by atoms with E-state index in [4.69, 9.17) is 9.47 Å². The average Bonchev–Trinajstić information content (AvgIpc) is 3.41. The third-order valence-corrected chi connectivity index (χ3v) is 7.31. The molecule has 1 heterocycles. The number of likely N-dealkylation sites (N-methyl/N-ethyl adjacent to an activating group) is 1. The average molecular weight is 589 g/mol. The number of amides is 3. The van der Waals surface area contributed by atoms with Crippen LogP contribution < -0.4 is 15.4 Å². The molecule has 1 fully saturated rings. The molecule has 0 spiro atoms. The van der Waals surface area contributed by atoms with Crippen LogP contribution in [0.3, 0.4) is 0 Å². The molecule has 2 aromatic rings. The van der Waals surface area contributed by atoms with Gasteiger partial charge in [0, 0.05) is 32.7 Å². The molecule has 42 heavy (non-hydrogen) atoms. The molecule has 1 aliphatic rings. The Balaban J connectivity index is 1.72. The molecular weight excluding hydrogens is 546 g/mol. The first-order valence-electron chi connectivity index (χ1n) is 14.2. The Bertz CT molecular complexity index is 1220. The van der Waals surface area contributed by atoms with E-state index in [9.17, 15) is 23.2 Å². The van der Waals surface area contributed by atoms with Gasteiger partial charge in [0.1, 0.15) is 30.5 Å². The minimum Gasteiger partial charge on any atom is -0.487 e. The first-order valence-corrected chi connectivity index (χ1v) is 14.2. The molecule has 0 aliphatic carbocycles. The fraction of sp³-hybridized carbons (Fsp3) is 0.516. The van der Waals surface area contributed by atoms with Crippen LogP contribution >= 0.6 is 0 Å². The van der Waals surface area contributed by atoms with Crippen molar-refractivity contribution >= 4 is 17.9 Å². The van der Waals surface area contributed by atoms with Gasteiger partial charge in [-0.1, -0.05) is 58.0 Å². The van der Waals surface area contributed by atoms with E-state index in [2.05, 4.69) is 10.6 Å². The highest BCUT2D eigenvalue weighted by Crippen LogP contribution is 2.26. The summed E-state index contributed by atoms with van der Waals surface area (Å²) in [5.74, 6) is -2.63. The third kappa shape index (κ3) is 8.40. The van der Waals surface area contributed by atoms with Gasteiger partial charge in [0.15, 0.2) is 11.6 Å². The molecule has 2 aromatic carbocycles. The standard InChI is InChI=1S/C31H42F2N4O5/c1-7-15-37(25-17-34-18-26(25)42-22-13-14-23(32)24(33)16-22)29(39)27(31(3,4)5)35-28(38)20(2)36(6)30(40)41-19-21-11-9-8-10-12-21/h8-14,16,20,25-27,34H,7,15,17-19H2,1-6H3,(H,35,38). The second-order valence-corrected chi connectivity index (χ2v) is 11.6. The van der Waals surface area contributed by atoms with Gasteiger partial charge < -0.3 is 25.0 Å². The summed E-state index contributed by atoms with van der Waals surface area (Å²) in [6.07, 6.45) is -0.537. The van der Waals surface area contributed by atoms with Crippen LogP contribution in [0.5, 0.6) is 5.75 Å². The van der Waals surface area contributed by atoms with Crippen molar-refractivity contribution in [2.45, 2.75) is 71.9 Å². The van der Waals surface area contributed by atoms with Crippen molar-refractivity contribution in [3.05, 3.63) is 65.7 Å². The van der Waals surface area contributed by atoms with Crippen LogP contribution in [0, 0.1) is 17.0 Å². The Morgan fingerprint density at radius 1 is 1.07 bits per heavy atom. The zero-order chi connectivity index (χ0) is 31.0. The molecule has 0 aromatic heterocycles. The minimum absolute atomic E-state index is 0.0661. The smallest absolute Gasteiger partial charge is 0.410 e. The molecule has 9 nitrogen and oxygen atoms in total. The molecule has 0 bridgehead atoms. The van der Waals surface area contributed by atoms with Crippen LogP contribution in [-0.4, -0.2) is 78.6 Å². The van der Waals surface area contributed by atoms with Crippen molar-refractivity contribution in [1.82, 2.24) is 20.4 Å². The SMILES string of the molecule is CCCN(C(=O)C(NC(=O)C(C)N(C)C(=O)OCc1ccccc1)C(C)(C)C)C1CNCC1Oc1ccc(F)c(F)c1. The lowest BCUT2D eigenvalue weighted by Crippen LogP contribution is -2.61. The van der Waals surface area contributed by atoms with Crippen LogP contribution in [0.25, 0.3) is 0 Å².